The molecule has 1 aromatic heterocycles. The lowest BCUT2D eigenvalue weighted by Crippen LogP contribution is -1.89. The lowest BCUT2D eigenvalue weighted by atomic mass is 10.1. The first-order valence-electron chi connectivity index (χ1n) is 6.23. The van der Waals surface area contributed by atoms with E-state index in [1.807, 2.05) is 24.3 Å². The van der Waals surface area contributed by atoms with Crippen molar-refractivity contribution in [2.24, 2.45) is 0 Å². The van der Waals surface area contributed by atoms with E-state index >= 15 is 0 Å². The summed E-state index contributed by atoms with van der Waals surface area (Å²) in [5, 5.41) is 21.1. The first kappa shape index (κ1) is 11.0. The molecule has 0 unspecified atom stereocenters. The predicted octanol–water partition coefficient (Wildman–Crippen LogP) is 3.35. The molecule has 4 aromatic rings. The highest BCUT2D eigenvalue weighted by molar-refractivity contribution is 6.09. The van der Waals surface area contributed by atoms with E-state index in [0.29, 0.717) is 21.8 Å². The van der Waals surface area contributed by atoms with Crippen LogP contribution in [-0.2, 0) is 0 Å². The molecule has 0 bridgehead atoms. The Morgan fingerprint density at radius 3 is 2.25 bits per heavy atom. The highest BCUT2D eigenvalue weighted by Crippen LogP contribution is 2.33. The van der Waals surface area contributed by atoms with Gasteiger partial charge in [-0.25, -0.2) is 9.97 Å². The average molecular weight is 262 g/mol. The van der Waals surface area contributed by atoms with Gasteiger partial charge in [-0.3, -0.25) is 0 Å². The van der Waals surface area contributed by atoms with Crippen molar-refractivity contribution < 1.29 is 10.2 Å². The number of phenolic OH excluding ortho intramolecular Hbond substituents is 2. The first-order valence-corrected chi connectivity index (χ1v) is 6.23. The number of fused-ring (bicyclic) bond motifs is 4. The number of nitrogens with zero attached hydrogens (tertiary/aromatic N) is 2. The van der Waals surface area contributed by atoms with E-state index in [2.05, 4.69) is 9.97 Å². The quantitative estimate of drug-likeness (QED) is 0.377. The Balaban J connectivity index is 2.28. The maximum atomic E-state index is 10.1. The molecular formula is C16H10N2O2. The van der Waals surface area contributed by atoms with Crippen molar-refractivity contribution in [1.29, 1.82) is 0 Å². The number of para-hydroxylation sites is 2. The van der Waals surface area contributed by atoms with Gasteiger partial charge in [0.2, 0.25) is 0 Å². The van der Waals surface area contributed by atoms with Gasteiger partial charge in [-0.05, 0) is 30.3 Å². The highest BCUT2D eigenvalue weighted by Gasteiger charge is 2.10. The van der Waals surface area contributed by atoms with Crippen LogP contribution < -0.4 is 0 Å². The van der Waals surface area contributed by atoms with Crippen LogP contribution in [0.3, 0.4) is 0 Å². The highest BCUT2D eigenvalue weighted by atomic mass is 16.3. The van der Waals surface area contributed by atoms with Gasteiger partial charge < -0.3 is 10.2 Å². The minimum absolute atomic E-state index is 0.136. The molecular weight excluding hydrogens is 252 g/mol. The Bertz CT molecular complexity index is 980. The minimum atomic E-state index is 0.136. The molecule has 96 valence electrons. The van der Waals surface area contributed by atoms with Gasteiger partial charge in [-0.1, -0.05) is 12.1 Å². The summed E-state index contributed by atoms with van der Waals surface area (Å²) in [5.41, 5.74) is 2.85. The molecule has 0 saturated carbocycles. The Morgan fingerprint density at radius 2 is 1.45 bits per heavy atom. The van der Waals surface area contributed by atoms with Gasteiger partial charge >= 0.3 is 0 Å². The molecule has 20 heavy (non-hydrogen) atoms. The number of aromatic nitrogens is 2. The Hall–Kier alpha value is -2.88. The Morgan fingerprint density at radius 1 is 0.700 bits per heavy atom. The van der Waals surface area contributed by atoms with E-state index in [1.54, 1.807) is 24.3 Å². The molecule has 4 nitrogen and oxygen atoms in total. The second-order valence-electron chi connectivity index (χ2n) is 4.71. The van der Waals surface area contributed by atoms with E-state index < -0.39 is 0 Å². The van der Waals surface area contributed by atoms with Crippen molar-refractivity contribution in [2.45, 2.75) is 0 Å². The second-order valence-corrected chi connectivity index (χ2v) is 4.71. The van der Waals surface area contributed by atoms with Crippen LogP contribution in [0.5, 0.6) is 11.5 Å². The van der Waals surface area contributed by atoms with Crippen LogP contribution in [0, 0.1) is 0 Å². The number of hydrogen-bond acceptors (Lipinski definition) is 4. The summed E-state index contributed by atoms with van der Waals surface area (Å²) < 4.78 is 0. The number of phenols is 2. The van der Waals surface area contributed by atoms with Crippen molar-refractivity contribution in [3.05, 3.63) is 48.5 Å². The second kappa shape index (κ2) is 3.81. The average Bonchev–Trinajstić information content (AvgIpc) is 2.45. The van der Waals surface area contributed by atoms with Crippen LogP contribution in [0.25, 0.3) is 32.8 Å². The normalized spacial score (nSPS) is 11.4. The summed E-state index contributed by atoms with van der Waals surface area (Å²) in [6.45, 7) is 0. The zero-order valence-corrected chi connectivity index (χ0v) is 10.4. The monoisotopic (exact) mass is 262 g/mol. The Kier molecular flexibility index (Phi) is 2.09. The minimum Gasteiger partial charge on any atom is -0.508 e. The summed E-state index contributed by atoms with van der Waals surface area (Å²) in [4.78, 5) is 9.12. The number of rotatable bonds is 0. The molecule has 1 heterocycles. The maximum absolute atomic E-state index is 10.1. The number of benzene rings is 3. The van der Waals surface area contributed by atoms with E-state index in [1.165, 1.54) is 0 Å². The molecule has 4 rings (SSSR count). The van der Waals surface area contributed by atoms with Gasteiger partial charge in [0.25, 0.3) is 0 Å². The SMILES string of the molecule is Oc1ccc2c(O)cc3nc4ccccc4nc3c2c1. The van der Waals surface area contributed by atoms with Crippen molar-refractivity contribution >= 4 is 32.8 Å². The van der Waals surface area contributed by atoms with Gasteiger partial charge in [-0.15, -0.1) is 0 Å². The Labute approximate surface area is 114 Å². The molecule has 4 heteroatoms. The first-order chi connectivity index (χ1) is 9.72. The maximum Gasteiger partial charge on any atom is 0.125 e. The molecule has 0 aliphatic heterocycles. The summed E-state index contributed by atoms with van der Waals surface area (Å²) in [5.74, 6) is 0.274. The summed E-state index contributed by atoms with van der Waals surface area (Å²) >= 11 is 0. The van der Waals surface area contributed by atoms with E-state index in [9.17, 15) is 10.2 Å². The van der Waals surface area contributed by atoms with Crippen molar-refractivity contribution in [1.82, 2.24) is 9.97 Å². The molecule has 0 spiro atoms. The fourth-order valence-electron chi connectivity index (χ4n) is 2.47. The summed E-state index contributed by atoms with van der Waals surface area (Å²) in [6.07, 6.45) is 0. The molecule has 0 fully saturated rings. The molecule has 0 aliphatic carbocycles. The van der Waals surface area contributed by atoms with Crippen LogP contribution in [0.4, 0.5) is 0 Å². The standard InChI is InChI=1S/C16H10N2O2/c19-9-5-6-10-11(7-9)16-14(8-15(10)20)17-12-3-1-2-4-13(12)18-16/h1-8,19-20H. The molecule has 0 aliphatic rings. The zero-order valence-electron chi connectivity index (χ0n) is 10.4. The molecule has 0 radical (unpaired) electrons. The summed E-state index contributed by atoms with van der Waals surface area (Å²) in [6, 6.07) is 14.0. The molecule has 0 saturated heterocycles. The van der Waals surface area contributed by atoms with Crippen LogP contribution in [0.1, 0.15) is 0 Å². The number of hydrogen-bond donors (Lipinski definition) is 2. The van der Waals surface area contributed by atoms with Crippen LogP contribution >= 0.6 is 0 Å². The molecule has 2 N–H and O–H groups in total. The third-order valence-electron chi connectivity index (χ3n) is 3.41. The predicted molar refractivity (Wildman–Crippen MR) is 77.9 cm³/mol. The van der Waals surface area contributed by atoms with Crippen molar-refractivity contribution in [3.63, 3.8) is 0 Å². The lowest BCUT2D eigenvalue weighted by Gasteiger charge is -2.07. The number of aromatic hydroxyl groups is 2. The van der Waals surface area contributed by atoms with Crippen LogP contribution in [0.15, 0.2) is 48.5 Å². The smallest absolute Gasteiger partial charge is 0.125 e. The van der Waals surface area contributed by atoms with Crippen LogP contribution in [-0.4, -0.2) is 20.2 Å². The third-order valence-corrected chi connectivity index (χ3v) is 3.41. The molecule has 3 aromatic carbocycles. The van der Waals surface area contributed by atoms with Gasteiger partial charge in [0.15, 0.2) is 0 Å². The largest absolute Gasteiger partial charge is 0.508 e. The fraction of sp³-hybridized carbons (Fsp3) is 0. The van der Waals surface area contributed by atoms with Gasteiger partial charge in [-0.2, -0.15) is 0 Å². The van der Waals surface area contributed by atoms with E-state index in [0.717, 1.165) is 11.0 Å². The third kappa shape index (κ3) is 1.48. The summed E-state index contributed by atoms with van der Waals surface area (Å²) in [7, 11) is 0. The molecule has 0 atom stereocenters. The van der Waals surface area contributed by atoms with Crippen molar-refractivity contribution in [3.8, 4) is 11.5 Å². The molecule has 0 amide bonds. The van der Waals surface area contributed by atoms with Gasteiger partial charge in [0, 0.05) is 16.8 Å². The van der Waals surface area contributed by atoms with E-state index in [-0.39, 0.29) is 11.5 Å². The van der Waals surface area contributed by atoms with Crippen molar-refractivity contribution in [2.75, 3.05) is 0 Å². The van der Waals surface area contributed by atoms with Gasteiger partial charge in [0.1, 0.15) is 11.5 Å². The zero-order chi connectivity index (χ0) is 13.7. The fourth-order valence-corrected chi connectivity index (χ4v) is 2.47. The van der Waals surface area contributed by atoms with E-state index in [4.69, 9.17) is 0 Å². The van der Waals surface area contributed by atoms with Crippen LogP contribution in [0.2, 0.25) is 0 Å². The topological polar surface area (TPSA) is 66.2 Å². The lowest BCUT2D eigenvalue weighted by molar-refractivity contribution is 0.475. The van der Waals surface area contributed by atoms with Gasteiger partial charge in [0.05, 0.1) is 22.1 Å².